The number of benzene rings is 1. The van der Waals surface area contributed by atoms with Crippen LogP contribution in [0.4, 0.5) is 0 Å². The molecule has 4 nitrogen and oxygen atoms in total. The van der Waals surface area contributed by atoms with Crippen LogP contribution in [0, 0.1) is 0 Å². The number of carbonyl (C=O) groups is 1. The van der Waals surface area contributed by atoms with Crippen LogP contribution >= 0.6 is 11.6 Å². The zero-order valence-electron chi connectivity index (χ0n) is 15.6. The Labute approximate surface area is 155 Å². The van der Waals surface area contributed by atoms with Gasteiger partial charge in [0.15, 0.2) is 5.88 Å². The first kappa shape index (κ1) is 19.4. The van der Waals surface area contributed by atoms with Gasteiger partial charge in [0, 0.05) is 24.0 Å². The fourth-order valence-corrected chi connectivity index (χ4v) is 3.46. The summed E-state index contributed by atoms with van der Waals surface area (Å²) in [7, 11) is 0. The number of ether oxygens (including phenoxy) is 2. The van der Waals surface area contributed by atoms with E-state index in [9.17, 15) is 4.79 Å². The molecule has 0 bridgehead atoms. The first-order chi connectivity index (χ1) is 12.0. The highest BCUT2D eigenvalue weighted by molar-refractivity contribution is 6.31. The van der Waals surface area contributed by atoms with Gasteiger partial charge in [0.2, 0.25) is 0 Å². The van der Waals surface area contributed by atoms with E-state index in [1.807, 2.05) is 38.1 Å². The Bertz CT molecular complexity index is 705. The molecule has 0 radical (unpaired) electrons. The van der Waals surface area contributed by atoms with Crippen molar-refractivity contribution in [1.82, 2.24) is 4.90 Å². The minimum Gasteiger partial charge on any atom is -0.463 e. The molecule has 0 saturated carbocycles. The van der Waals surface area contributed by atoms with Crippen LogP contribution in [0.1, 0.15) is 46.1 Å². The minimum atomic E-state index is -0.358. The lowest BCUT2D eigenvalue weighted by molar-refractivity contribution is -0.139. The number of nitrogens with zero attached hydrogens (tertiary/aromatic N) is 1. The van der Waals surface area contributed by atoms with E-state index in [2.05, 4.69) is 18.7 Å². The van der Waals surface area contributed by atoms with Crippen LogP contribution in [0.5, 0.6) is 0 Å². The van der Waals surface area contributed by atoms with Crippen LogP contribution in [-0.4, -0.2) is 30.6 Å². The van der Waals surface area contributed by atoms with Crippen molar-refractivity contribution < 1.29 is 14.3 Å². The first-order valence-electron chi connectivity index (χ1n) is 8.71. The first-order valence-corrected chi connectivity index (χ1v) is 9.09. The van der Waals surface area contributed by atoms with Gasteiger partial charge in [0.05, 0.1) is 12.2 Å². The SMILES string of the molecule is CCOC(=O)C1=C(C)OC(N(CC)CC)=C(C)C1c1ccccc1Cl. The van der Waals surface area contributed by atoms with Gasteiger partial charge in [-0.25, -0.2) is 4.79 Å². The van der Waals surface area contributed by atoms with Gasteiger partial charge in [-0.05, 0) is 51.8 Å². The van der Waals surface area contributed by atoms with Crippen LogP contribution in [0.2, 0.25) is 5.02 Å². The molecule has 1 atom stereocenters. The Hall–Kier alpha value is -1.94. The number of hydrogen-bond donors (Lipinski definition) is 0. The van der Waals surface area contributed by atoms with E-state index in [4.69, 9.17) is 21.1 Å². The van der Waals surface area contributed by atoms with Crippen molar-refractivity contribution >= 4 is 17.6 Å². The number of hydrogen-bond acceptors (Lipinski definition) is 4. The van der Waals surface area contributed by atoms with Crippen molar-refractivity contribution in [1.29, 1.82) is 0 Å². The molecule has 0 aromatic heterocycles. The van der Waals surface area contributed by atoms with E-state index in [0.29, 0.717) is 23.0 Å². The summed E-state index contributed by atoms with van der Waals surface area (Å²) < 4.78 is 11.3. The van der Waals surface area contributed by atoms with Crippen molar-refractivity contribution in [2.24, 2.45) is 0 Å². The van der Waals surface area contributed by atoms with Gasteiger partial charge in [-0.1, -0.05) is 29.8 Å². The number of esters is 1. The van der Waals surface area contributed by atoms with Crippen molar-refractivity contribution in [3.8, 4) is 0 Å². The lowest BCUT2D eigenvalue weighted by Crippen LogP contribution is -2.31. The molecule has 0 aliphatic carbocycles. The molecular weight excluding hydrogens is 338 g/mol. The van der Waals surface area contributed by atoms with Gasteiger partial charge in [-0.15, -0.1) is 0 Å². The molecule has 0 saturated heterocycles. The van der Waals surface area contributed by atoms with E-state index in [1.165, 1.54) is 0 Å². The maximum Gasteiger partial charge on any atom is 0.338 e. The summed E-state index contributed by atoms with van der Waals surface area (Å²) in [6, 6.07) is 7.61. The molecule has 0 amide bonds. The fourth-order valence-electron chi connectivity index (χ4n) is 3.22. The second-order valence-electron chi connectivity index (χ2n) is 5.91. The largest absolute Gasteiger partial charge is 0.463 e. The summed E-state index contributed by atoms with van der Waals surface area (Å²) in [5.41, 5.74) is 2.37. The summed E-state index contributed by atoms with van der Waals surface area (Å²) in [6.45, 7) is 11.7. The lowest BCUT2D eigenvalue weighted by Gasteiger charge is -2.35. The molecule has 2 rings (SSSR count). The van der Waals surface area contributed by atoms with Crippen molar-refractivity contribution in [3.05, 3.63) is 57.6 Å². The summed E-state index contributed by atoms with van der Waals surface area (Å²) in [4.78, 5) is 14.8. The third-order valence-corrected chi connectivity index (χ3v) is 4.79. The van der Waals surface area contributed by atoms with Gasteiger partial charge in [-0.3, -0.25) is 0 Å². The summed E-state index contributed by atoms with van der Waals surface area (Å²) in [6.07, 6.45) is 0. The van der Waals surface area contributed by atoms with Crippen molar-refractivity contribution in [2.75, 3.05) is 19.7 Å². The molecule has 136 valence electrons. The molecule has 25 heavy (non-hydrogen) atoms. The Morgan fingerprint density at radius 1 is 1.20 bits per heavy atom. The fraction of sp³-hybridized carbons (Fsp3) is 0.450. The van der Waals surface area contributed by atoms with Gasteiger partial charge < -0.3 is 14.4 Å². The van der Waals surface area contributed by atoms with E-state index >= 15 is 0 Å². The molecule has 1 aromatic rings. The molecule has 1 aliphatic heterocycles. The minimum absolute atomic E-state index is 0.280. The predicted octanol–water partition coefficient (Wildman–Crippen LogP) is 4.86. The maximum atomic E-state index is 12.6. The van der Waals surface area contributed by atoms with Crippen molar-refractivity contribution in [2.45, 2.75) is 40.5 Å². The van der Waals surface area contributed by atoms with Crippen LogP contribution in [0.3, 0.4) is 0 Å². The highest BCUT2D eigenvalue weighted by Gasteiger charge is 2.36. The predicted molar refractivity (Wildman–Crippen MR) is 100 cm³/mol. The van der Waals surface area contributed by atoms with Gasteiger partial charge >= 0.3 is 5.97 Å². The van der Waals surface area contributed by atoms with E-state index in [1.54, 1.807) is 6.92 Å². The number of carbonyl (C=O) groups excluding carboxylic acids is 1. The van der Waals surface area contributed by atoms with Crippen LogP contribution in [0.25, 0.3) is 0 Å². The van der Waals surface area contributed by atoms with Gasteiger partial charge in [0.1, 0.15) is 5.76 Å². The zero-order valence-corrected chi connectivity index (χ0v) is 16.3. The number of rotatable bonds is 6. The molecule has 0 spiro atoms. The number of allylic oxidation sites excluding steroid dienone is 2. The van der Waals surface area contributed by atoms with E-state index in [-0.39, 0.29) is 11.9 Å². The Kier molecular flexibility index (Phi) is 6.54. The smallest absolute Gasteiger partial charge is 0.338 e. The molecule has 5 heteroatoms. The topological polar surface area (TPSA) is 38.8 Å². The molecule has 0 fully saturated rings. The third-order valence-electron chi connectivity index (χ3n) is 4.45. The number of halogens is 1. The molecule has 1 aliphatic rings. The Morgan fingerprint density at radius 3 is 2.40 bits per heavy atom. The van der Waals surface area contributed by atoms with E-state index in [0.717, 1.165) is 30.1 Å². The van der Waals surface area contributed by atoms with E-state index < -0.39 is 0 Å². The molecule has 1 unspecified atom stereocenters. The Balaban J connectivity index is 2.64. The average molecular weight is 364 g/mol. The standard InChI is InChI=1S/C20H26ClNO3/c1-6-22(7-2)19-13(4)17(15-11-9-10-12-16(15)21)18(14(5)25-19)20(23)24-8-3/h9-12,17H,6-8H2,1-5H3. The lowest BCUT2D eigenvalue weighted by atomic mass is 9.83. The van der Waals surface area contributed by atoms with Gasteiger partial charge in [0.25, 0.3) is 0 Å². The zero-order chi connectivity index (χ0) is 18.6. The van der Waals surface area contributed by atoms with Crippen LogP contribution < -0.4 is 0 Å². The monoisotopic (exact) mass is 363 g/mol. The maximum absolute atomic E-state index is 12.6. The highest BCUT2D eigenvalue weighted by atomic mass is 35.5. The second-order valence-corrected chi connectivity index (χ2v) is 6.31. The normalized spacial score (nSPS) is 17.4. The Morgan fingerprint density at radius 2 is 1.84 bits per heavy atom. The molecule has 1 heterocycles. The quantitative estimate of drug-likeness (QED) is 0.676. The average Bonchev–Trinajstić information content (AvgIpc) is 2.59. The molecular formula is C20H26ClNO3. The van der Waals surface area contributed by atoms with Crippen molar-refractivity contribution in [3.63, 3.8) is 0 Å². The molecule has 0 N–H and O–H groups in total. The summed E-state index contributed by atoms with van der Waals surface area (Å²) in [5, 5.41) is 0.627. The van der Waals surface area contributed by atoms with Crippen LogP contribution in [0.15, 0.2) is 47.1 Å². The summed E-state index contributed by atoms with van der Waals surface area (Å²) in [5.74, 6) is 0.719. The summed E-state index contributed by atoms with van der Waals surface area (Å²) >= 11 is 6.46. The second kappa shape index (κ2) is 8.43. The van der Waals surface area contributed by atoms with Gasteiger partial charge in [-0.2, -0.15) is 0 Å². The highest BCUT2D eigenvalue weighted by Crippen LogP contribution is 2.43. The van der Waals surface area contributed by atoms with Crippen LogP contribution in [-0.2, 0) is 14.3 Å². The molecule has 1 aromatic carbocycles. The third kappa shape index (κ3) is 3.84.